The summed E-state index contributed by atoms with van der Waals surface area (Å²) in [5, 5.41) is 9.56. The molecule has 2 heterocycles. The number of aliphatic carboxylic acids is 1. The van der Waals surface area contributed by atoms with Crippen molar-refractivity contribution in [3.8, 4) is 0 Å². The third kappa shape index (κ3) is 2.78. The quantitative estimate of drug-likeness (QED) is 0.730. The largest absolute Gasteiger partial charge is 0.481 e. The predicted octanol–water partition coefficient (Wildman–Crippen LogP) is 1.99. The van der Waals surface area contributed by atoms with Crippen molar-refractivity contribution in [3.05, 3.63) is 42.5 Å². The SMILES string of the molecule is Cn1ccnc1Cn1c(SCC(=O)O)nc2ccccc21. The maximum Gasteiger partial charge on any atom is 0.313 e. The first kappa shape index (κ1) is 13.7. The predicted molar refractivity (Wildman–Crippen MR) is 80.4 cm³/mol. The Labute approximate surface area is 125 Å². The van der Waals surface area contributed by atoms with Crippen molar-refractivity contribution in [2.75, 3.05) is 5.75 Å². The molecule has 7 heteroatoms. The van der Waals surface area contributed by atoms with E-state index < -0.39 is 5.97 Å². The second kappa shape index (κ2) is 5.61. The second-order valence-corrected chi connectivity index (χ2v) is 5.55. The number of aryl methyl sites for hydroxylation is 1. The Balaban J connectivity index is 2.02. The Kier molecular flexibility index (Phi) is 3.66. The van der Waals surface area contributed by atoms with Gasteiger partial charge in [0.1, 0.15) is 5.82 Å². The zero-order valence-electron chi connectivity index (χ0n) is 11.4. The molecule has 0 aliphatic rings. The van der Waals surface area contributed by atoms with Crippen LogP contribution in [0.15, 0.2) is 41.8 Å². The smallest absolute Gasteiger partial charge is 0.313 e. The summed E-state index contributed by atoms with van der Waals surface area (Å²) in [6.45, 7) is 0.561. The van der Waals surface area contributed by atoms with Gasteiger partial charge in [0.05, 0.1) is 23.3 Å². The highest BCUT2D eigenvalue weighted by Gasteiger charge is 2.14. The van der Waals surface area contributed by atoms with Crippen LogP contribution in [0.4, 0.5) is 0 Å². The summed E-state index contributed by atoms with van der Waals surface area (Å²) in [6, 6.07) is 7.78. The van der Waals surface area contributed by atoms with Crippen molar-refractivity contribution in [1.29, 1.82) is 0 Å². The van der Waals surface area contributed by atoms with Gasteiger partial charge in [-0.25, -0.2) is 9.97 Å². The minimum Gasteiger partial charge on any atom is -0.481 e. The molecule has 0 saturated heterocycles. The Morgan fingerprint density at radius 2 is 2.19 bits per heavy atom. The molecule has 3 aromatic rings. The van der Waals surface area contributed by atoms with E-state index in [4.69, 9.17) is 5.11 Å². The topological polar surface area (TPSA) is 72.9 Å². The zero-order valence-corrected chi connectivity index (χ0v) is 12.2. The number of nitrogens with zero attached hydrogens (tertiary/aromatic N) is 4. The van der Waals surface area contributed by atoms with Crippen LogP contribution < -0.4 is 0 Å². The summed E-state index contributed by atoms with van der Waals surface area (Å²) >= 11 is 1.22. The summed E-state index contributed by atoms with van der Waals surface area (Å²) in [6.07, 6.45) is 3.64. The summed E-state index contributed by atoms with van der Waals surface area (Å²) in [5.74, 6) is 0.0371. The van der Waals surface area contributed by atoms with Crippen LogP contribution in [0.25, 0.3) is 11.0 Å². The number of hydrogen-bond donors (Lipinski definition) is 1. The molecule has 0 atom stereocenters. The number of imidazole rings is 2. The van der Waals surface area contributed by atoms with Gasteiger partial charge in [-0.15, -0.1) is 0 Å². The molecule has 2 aromatic heterocycles. The van der Waals surface area contributed by atoms with Crippen molar-refractivity contribution in [1.82, 2.24) is 19.1 Å². The third-order valence-electron chi connectivity index (χ3n) is 3.16. The van der Waals surface area contributed by atoms with E-state index in [0.29, 0.717) is 11.7 Å². The van der Waals surface area contributed by atoms with Crippen LogP contribution in [-0.2, 0) is 18.4 Å². The molecule has 108 valence electrons. The van der Waals surface area contributed by atoms with Crippen LogP contribution in [-0.4, -0.2) is 35.9 Å². The van der Waals surface area contributed by atoms with Crippen LogP contribution in [0.3, 0.4) is 0 Å². The maximum atomic E-state index is 10.8. The van der Waals surface area contributed by atoms with Crippen molar-refractivity contribution in [3.63, 3.8) is 0 Å². The van der Waals surface area contributed by atoms with E-state index in [1.165, 1.54) is 11.8 Å². The van der Waals surface area contributed by atoms with Crippen LogP contribution in [0, 0.1) is 0 Å². The summed E-state index contributed by atoms with van der Waals surface area (Å²) in [5.41, 5.74) is 1.84. The lowest BCUT2D eigenvalue weighted by Gasteiger charge is -2.08. The Bertz CT molecular complexity index is 793. The number of hydrogen-bond acceptors (Lipinski definition) is 4. The summed E-state index contributed by atoms with van der Waals surface area (Å²) in [4.78, 5) is 19.6. The van der Waals surface area contributed by atoms with Gasteiger partial charge in [0.25, 0.3) is 0 Å². The van der Waals surface area contributed by atoms with E-state index in [0.717, 1.165) is 16.9 Å². The van der Waals surface area contributed by atoms with Gasteiger partial charge in [-0.05, 0) is 12.1 Å². The third-order valence-corrected chi connectivity index (χ3v) is 4.13. The molecule has 0 fully saturated rings. The van der Waals surface area contributed by atoms with E-state index in [1.54, 1.807) is 6.20 Å². The fourth-order valence-corrected chi connectivity index (χ4v) is 2.87. The Morgan fingerprint density at radius 3 is 2.90 bits per heavy atom. The molecular formula is C14H14N4O2S. The molecule has 0 aliphatic heterocycles. The van der Waals surface area contributed by atoms with Gasteiger partial charge in [0, 0.05) is 19.4 Å². The van der Waals surface area contributed by atoms with E-state index in [-0.39, 0.29) is 5.75 Å². The average molecular weight is 302 g/mol. The molecule has 6 nitrogen and oxygen atoms in total. The number of aromatic nitrogens is 4. The first-order chi connectivity index (χ1) is 10.1. The molecule has 21 heavy (non-hydrogen) atoms. The lowest BCUT2D eigenvalue weighted by molar-refractivity contribution is -0.133. The number of fused-ring (bicyclic) bond motifs is 1. The van der Waals surface area contributed by atoms with Crippen molar-refractivity contribution in [2.24, 2.45) is 7.05 Å². The van der Waals surface area contributed by atoms with Gasteiger partial charge in [0.15, 0.2) is 5.16 Å². The summed E-state index contributed by atoms with van der Waals surface area (Å²) < 4.78 is 3.95. The van der Waals surface area contributed by atoms with Gasteiger partial charge in [-0.1, -0.05) is 23.9 Å². The average Bonchev–Trinajstić information content (AvgIpc) is 3.02. The number of para-hydroxylation sites is 2. The van der Waals surface area contributed by atoms with E-state index in [2.05, 4.69) is 9.97 Å². The molecule has 0 radical (unpaired) electrons. The van der Waals surface area contributed by atoms with E-state index in [1.807, 2.05) is 46.6 Å². The van der Waals surface area contributed by atoms with Crippen LogP contribution in [0.2, 0.25) is 0 Å². The fourth-order valence-electron chi connectivity index (χ4n) is 2.13. The lowest BCUT2D eigenvalue weighted by Crippen LogP contribution is -2.08. The fraction of sp³-hybridized carbons (Fsp3) is 0.214. The van der Waals surface area contributed by atoms with Gasteiger partial charge in [0.2, 0.25) is 0 Å². The lowest BCUT2D eigenvalue weighted by atomic mass is 10.3. The molecule has 0 unspecified atom stereocenters. The highest BCUT2D eigenvalue weighted by atomic mass is 32.2. The maximum absolute atomic E-state index is 10.8. The number of thioether (sulfide) groups is 1. The highest BCUT2D eigenvalue weighted by Crippen LogP contribution is 2.24. The molecule has 0 aliphatic carbocycles. The first-order valence-electron chi connectivity index (χ1n) is 6.41. The van der Waals surface area contributed by atoms with Gasteiger partial charge >= 0.3 is 5.97 Å². The van der Waals surface area contributed by atoms with E-state index >= 15 is 0 Å². The first-order valence-corrected chi connectivity index (χ1v) is 7.40. The van der Waals surface area contributed by atoms with Gasteiger partial charge in [-0.3, -0.25) is 4.79 Å². The molecule has 3 rings (SSSR count). The van der Waals surface area contributed by atoms with Crippen LogP contribution in [0.5, 0.6) is 0 Å². The standard InChI is InChI=1S/C14H14N4O2S/c1-17-7-6-15-12(17)8-18-11-5-3-2-4-10(11)16-14(18)21-9-13(19)20/h2-7H,8-9H2,1H3,(H,19,20). The number of carboxylic acids is 1. The molecule has 0 bridgehead atoms. The minimum atomic E-state index is -0.851. The van der Waals surface area contributed by atoms with Gasteiger partial charge in [-0.2, -0.15) is 0 Å². The second-order valence-electron chi connectivity index (χ2n) is 4.61. The van der Waals surface area contributed by atoms with Crippen molar-refractivity contribution >= 4 is 28.8 Å². The summed E-state index contributed by atoms with van der Waals surface area (Å²) in [7, 11) is 1.94. The van der Waals surface area contributed by atoms with Crippen LogP contribution >= 0.6 is 11.8 Å². The molecular weight excluding hydrogens is 288 g/mol. The molecule has 0 spiro atoms. The highest BCUT2D eigenvalue weighted by molar-refractivity contribution is 7.99. The molecule has 0 amide bonds. The normalized spacial score (nSPS) is 11.1. The zero-order chi connectivity index (χ0) is 14.8. The van der Waals surface area contributed by atoms with Gasteiger partial charge < -0.3 is 14.2 Å². The Hall–Kier alpha value is -2.28. The van der Waals surface area contributed by atoms with Crippen molar-refractivity contribution in [2.45, 2.75) is 11.7 Å². The molecule has 0 saturated carbocycles. The number of carbonyl (C=O) groups is 1. The van der Waals surface area contributed by atoms with E-state index in [9.17, 15) is 4.79 Å². The monoisotopic (exact) mass is 302 g/mol. The number of rotatable bonds is 5. The van der Waals surface area contributed by atoms with Crippen LogP contribution in [0.1, 0.15) is 5.82 Å². The number of carboxylic acid groups (broad SMARTS) is 1. The Morgan fingerprint density at radius 1 is 1.38 bits per heavy atom. The molecule has 1 aromatic carbocycles. The minimum absolute atomic E-state index is 0.0100. The van der Waals surface area contributed by atoms with Crippen molar-refractivity contribution < 1.29 is 9.90 Å². The molecule has 1 N–H and O–H groups in total. The number of benzene rings is 1.